The zero-order valence-corrected chi connectivity index (χ0v) is 17.0. The SMILES string of the molecule is O=c1cc(COC2CCCCC2)nc2c(-c3cc(-c4ccccc4)cs3)c[nH]n12. The van der Waals surface area contributed by atoms with Gasteiger partial charge in [0.15, 0.2) is 5.65 Å². The van der Waals surface area contributed by atoms with Gasteiger partial charge in [-0.3, -0.25) is 9.89 Å². The number of hydrogen-bond donors (Lipinski definition) is 1. The molecule has 6 heteroatoms. The van der Waals surface area contributed by atoms with Crippen LogP contribution in [0.4, 0.5) is 0 Å². The number of ether oxygens (including phenoxy) is 1. The van der Waals surface area contributed by atoms with Crippen molar-refractivity contribution >= 4 is 17.0 Å². The highest BCUT2D eigenvalue weighted by atomic mass is 32.1. The van der Waals surface area contributed by atoms with E-state index in [-0.39, 0.29) is 5.56 Å². The van der Waals surface area contributed by atoms with Crippen LogP contribution in [0.25, 0.3) is 27.2 Å². The highest BCUT2D eigenvalue weighted by Gasteiger charge is 2.16. The maximum atomic E-state index is 12.6. The fourth-order valence-corrected chi connectivity index (χ4v) is 4.91. The molecule has 0 bridgehead atoms. The number of thiophene rings is 1. The molecule has 4 aromatic rings. The average Bonchev–Trinajstić information content (AvgIpc) is 3.41. The van der Waals surface area contributed by atoms with Crippen LogP contribution in [-0.4, -0.2) is 20.7 Å². The van der Waals surface area contributed by atoms with Crippen molar-refractivity contribution in [1.29, 1.82) is 0 Å². The lowest BCUT2D eigenvalue weighted by molar-refractivity contribution is 0.0153. The van der Waals surface area contributed by atoms with Crippen molar-refractivity contribution in [3.63, 3.8) is 0 Å². The molecule has 0 aliphatic heterocycles. The lowest BCUT2D eigenvalue weighted by Crippen LogP contribution is -2.19. The maximum Gasteiger partial charge on any atom is 0.272 e. The molecule has 1 aliphatic rings. The van der Waals surface area contributed by atoms with E-state index >= 15 is 0 Å². The smallest absolute Gasteiger partial charge is 0.272 e. The number of aromatic nitrogens is 3. The molecule has 148 valence electrons. The molecule has 1 N–H and O–H groups in total. The topological polar surface area (TPSA) is 59.4 Å². The van der Waals surface area contributed by atoms with Crippen LogP contribution < -0.4 is 5.56 Å². The van der Waals surface area contributed by atoms with Crippen LogP contribution in [0.15, 0.2) is 58.8 Å². The van der Waals surface area contributed by atoms with Crippen molar-refractivity contribution in [3.05, 3.63) is 70.1 Å². The number of nitrogens with one attached hydrogen (secondary N) is 1. The van der Waals surface area contributed by atoms with Gasteiger partial charge in [0.25, 0.3) is 5.56 Å². The summed E-state index contributed by atoms with van der Waals surface area (Å²) in [6, 6.07) is 14.0. The van der Waals surface area contributed by atoms with E-state index in [1.165, 1.54) is 34.9 Å². The zero-order valence-electron chi connectivity index (χ0n) is 16.1. The number of H-pyrrole nitrogens is 1. The molecule has 0 saturated heterocycles. The third-order valence-electron chi connectivity index (χ3n) is 5.54. The summed E-state index contributed by atoms with van der Waals surface area (Å²) in [7, 11) is 0. The second kappa shape index (κ2) is 7.97. The molecule has 0 amide bonds. The van der Waals surface area contributed by atoms with Crippen LogP contribution >= 0.6 is 11.3 Å². The molecule has 3 aromatic heterocycles. The summed E-state index contributed by atoms with van der Waals surface area (Å²) in [5.74, 6) is 0. The van der Waals surface area contributed by atoms with Gasteiger partial charge in [-0.25, -0.2) is 9.50 Å². The quantitative estimate of drug-likeness (QED) is 0.492. The number of aromatic amines is 1. The van der Waals surface area contributed by atoms with Gasteiger partial charge < -0.3 is 4.74 Å². The van der Waals surface area contributed by atoms with Gasteiger partial charge >= 0.3 is 0 Å². The Bertz CT molecular complexity index is 1170. The molecule has 0 spiro atoms. The van der Waals surface area contributed by atoms with Crippen LogP contribution in [0.1, 0.15) is 37.8 Å². The summed E-state index contributed by atoms with van der Waals surface area (Å²) in [5.41, 5.74) is 4.53. The summed E-state index contributed by atoms with van der Waals surface area (Å²) in [5, 5.41) is 5.19. The summed E-state index contributed by atoms with van der Waals surface area (Å²) < 4.78 is 7.54. The molecule has 0 unspecified atom stereocenters. The van der Waals surface area contributed by atoms with E-state index in [4.69, 9.17) is 9.72 Å². The first-order valence-electron chi connectivity index (χ1n) is 10.1. The standard InChI is InChI=1S/C23H23N3O2S/c27-22-12-18(14-28-19-9-5-2-6-10-19)25-23-20(13-24-26(22)23)21-11-17(15-29-21)16-7-3-1-4-8-16/h1,3-4,7-8,11-13,15,19,24H,2,5-6,9-10,14H2. The Morgan fingerprint density at radius 2 is 1.93 bits per heavy atom. The fraction of sp³-hybridized carbons (Fsp3) is 0.304. The van der Waals surface area contributed by atoms with Gasteiger partial charge in [0.05, 0.1) is 24.0 Å². The molecular formula is C23H23N3O2S. The highest BCUT2D eigenvalue weighted by Crippen LogP contribution is 2.34. The number of benzene rings is 1. The Kier molecular flexibility index (Phi) is 5.04. The van der Waals surface area contributed by atoms with Crippen molar-refractivity contribution in [2.24, 2.45) is 0 Å². The first-order chi connectivity index (χ1) is 14.3. The largest absolute Gasteiger partial charge is 0.372 e. The van der Waals surface area contributed by atoms with Gasteiger partial charge in [-0.15, -0.1) is 11.3 Å². The maximum absolute atomic E-state index is 12.6. The monoisotopic (exact) mass is 405 g/mol. The number of nitrogens with zero attached hydrogens (tertiary/aromatic N) is 2. The summed E-state index contributed by atoms with van der Waals surface area (Å²) in [6.07, 6.45) is 8.11. The Labute approximate surface area is 173 Å². The van der Waals surface area contributed by atoms with Crippen LogP contribution in [0.3, 0.4) is 0 Å². The number of fused-ring (bicyclic) bond motifs is 1. The normalized spacial score (nSPS) is 15.2. The predicted molar refractivity (Wildman–Crippen MR) is 116 cm³/mol. The van der Waals surface area contributed by atoms with Crippen molar-refractivity contribution in [1.82, 2.24) is 14.6 Å². The first-order valence-corrected chi connectivity index (χ1v) is 11.0. The summed E-state index contributed by atoms with van der Waals surface area (Å²) >= 11 is 1.66. The molecule has 1 fully saturated rings. The minimum Gasteiger partial charge on any atom is -0.372 e. The van der Waals surface area contributed by atoms with Gasteiger partial charge in [-0.1, -0.05) is 49.6 Å². The van der Waals surface area contributed by atoms with E-state index in [2.05, 4.69) is 28.7 Å². The second-order valence-electron chi connectivity index (χ2n) is 7.57. The Hall–Kier alpha value is -2.70. The Morgan fingerprint density at radius 1 is 1.10 bits per heavy atom. The van der Waals surface area contributed by atoms with Crippen molar-refractivity contribution in [2.75, 3.05) is 0 Å². The van der Waals surface area contributed by atoms with E-state index in [0.29, 0.717) is 24.1 Å². The van der Waals surface area contributed by atoms with Crippen LogP contribution in [-0.2, 0) is 11.3 Å². The molecule has 5 nitrogen and oxygen atoms in total. The fourth-order valence-electron chi connectivity index (χ4n) is 3.98. The van der Waals surface area contributed by atoms with Crippen molar-refractivity contribution in [2.45, 2.75) is 44.8 Å². The molecule has 29 heavy (non-hydrogen) atoms. The Balaban J connectivity index is 1.45. The molecule has 1 saturated carbocycles. The van der Waals surface area contributed by atoms with Gasteiger partial charge in [-0.05, 0) is 35.4 Å². The van der Waals surface area contributed by atoms with Crippen LogP contribution in [0.2, 0.25) is 0 Å². The Morgan fingerprint density at radius 3 is 2.76 bits per heavy atom. The van der Waals surface area contributed by atoms with Gasteiger partial charge in [0.2, 0.25) is 0 Å². The summed E-state index contributed by atoms with van der Waals surface area (Å²) in [6.45, 7) is 0.390. The van der Waals surface area contributed by atoms with E-state index < -0.39 is 0 Å². The van der Waals surface area contributed by atoms with Crippen molar-refractivity contribution < 1.29 is 4.74 Å². The number of rotatable bonds is 5. The van der Waals surface area contributed by atoms with Gasteiger partial charge in [0, 0.05) is 17.1 Å². The zero-order chi connectivity index (χ0) is 19.6. The van der Waals surface area contributed by atoms with E-state index in [0.717, 1.165) is 23.3 Å². The average molecular weight is 406 g/mol. The van der Waals surface area contributed by atoms with Gasteiger partial charge in [0.1, 0.15) is 0 Å². The predicted octanol–water partition coefficient (Wildman–Crippen LogP) is 5.27. The minimum atomic E-state index is -0.108. The molecule has 1 aliphatic carbocycles. The molecule has 3 heterocycles. The molecule has 5 rings (SSSR count). The van der Waals surface area contributed by atoms with Crippen molar-refractivity contribution in [3.8, 4) is 21.6 Å². The molecule has 0 atom stereocenters. The second-order valence-corrected chi connectivity index (χ2v) is 8.48. The van der Waals surface area contributed by atoms with E-state index in [1.54, 1.807) is 17.4 Å². The third kappa shape index (κ3) is 3.78. The highest BCUT2D eigenvalue weighted by molar-refractivity contribution is 7.14. The van der Waals surface area contributed by atoms with E-state index in [9.17, 15) is 4.79 Å². The van der Waals surface area contributed by atoms with Crippen LogP contribution in [0.5, 0.6) is 0 Å². The number of hydrogen-bond acceptors (Lipinski definition) is 4. The summed E-state index contributed by atoms with van der Waals surface area (Å²) in [4.78, 5) is 18.4. The molecule has 0 radical (unpaired) electrons. The molecular weight excluding hydrogens is 382 g/mol. The van der Waals surface area contributed by atoms with Crippen LogP contribution in [0, 0.1) is 0 Å². The lowest BCUT2D eigenvalue weighted by atomic mass is 9.98. The third-order valence-corrected chi connectivity index (χ3v) is 6.51. The van der Waals surface area contributed by atoms with E-state index in [1.807, 2.05) is 24.4 Å². The van der Waals surface area contributed by atoms with Gasteiger partial charge in [-0.2, -0.15) is 0 Å². The lowest BCUT2D eigenvalue weighted by Gasteiger charge is -2.21. The minimum absolute atomic E-state index is 0.108. The molecule has 1 aromatic carbocycles. The first kappa shape index (κ1) is 18.3.